The third-order valence-electron chi connectivity index (χ3n) is 25.0. The van der Waals surface area contributed by atoms with Crippen LogP contribution in [0, 0.1) is 117 Å². The molecule has 0 fully saturated rings. The minimum Gasteiger partial charge on any atom is -0.324 e. The third-order valence-corrected chi connectivity index (χ3v) is 25.7. The number of carbonyl (C=O) groups is 4. The van der Waals surface area contributed by atoms with Crippen LogP contribution in [0.1, 0.15) is 264 Å². The van der Waals surface area contributed by atoms with E-state index in [1.807, 2.05) is 175 Å². The molecule has 0 unspecified atom stereocenters. The molecule has 2 aromatic heterocycles. The summed E-state index contributed by atoms with van der Waals surface area (Å²) in [5.74, 6) is 3.20. The largest absolute Gasteiger partial charge is 0.324 e. The van der Waals surface area contributed by atoms with Crippen LogP contribution in [0.3, 0.4) is 0 Å². The molecule has 0 saturated carbocycles. The SMILES string of the molecule is C.CCCCCCc1cc(C)c(-n2c(-c3[c-]cccc3)nnc2-c2c(C)cccc2C)c(C)c1.CCCCCCc1cc(C)c(-n2c(-c3ccccc3)nnc2-c2c(C)cccc2C)c(C)c1.CCCCCCc1cc(C)c(N)c(C)c1.Cc1cccc(C)c1/C(Cl)=N/N=C(/Cl)c1ccccc1.Cc1cccc(C)c1C(=O)Cl.Cc1cccc(C)c1C(=O)NCC(=O)c1ccccc1.ClP(Cl)(Cl)(Cl)Cl.NCC(=O)c1ccccc1.[Ir]. The second kappa shape index (κ2) is 64.2. The van der Waals surface area contributed by atoms with E-state index in [0.717, 1.165) is 109 Å². The van der Waals surface area contributed by atoms with Crippen molar-refractivity contribution >= 4 is 133 Å². The fraction of sp³-hybridized carbons (Fsp3) is 0.296. The molecule has 2 heterocycles. The summed E-state index contributed by atoms with van der Waals surface area (Å²) in [5.41, 5.74) is 45.4. The summed E-state index contributed by atoms with van der Waals surface area (Å²) in [6.07, 6.45) is 19.0. The number of carbonyl (C=O) groups excluding carboxylic acids is 4. The molecular formula is C125H145Cl8IrN11O4P-. The van der Waals surface area contributed by atoms with Gasteiger partial charge < -0.3 is 21.4 Å². The molecule has 5 N–H and O–H groups in total. The zero-order chi connectivity index (χ0) is 108. The number of unbranched alkanes of at least 4 members (excludes halogenated alkanes) is 9. The number of hydrogen-bond donors (Lipinski definition) is 3. The zero-order valence-electron chi connectivity index (χ0n) is 89.2. The second-order valence-electron chi connectivity index (χ2n) is 37.1. The van der Waals surface area contributed by atoms with E-state index in [4.69, 9.17) is 118 Å². The summed E-state index contributed by atoms with van der Waals surface area (Å²) < 4.78 is 0.828. The first kappa shape index (κ1) is 128. The number of aromatic nitrogens is 6. The summed E-state index contributed by atoms with van der Waals surface area (Å²) in [5, 5.41) is 29.9. The summed E-state index contributed by atoms with van der Waals surface area (Å²) in [6.45, 7) is 40.1. The van der Waals surface area contributed by atoms with Crippen molar-refractivity contribution in [2.75, 3.05) is 18.8 Å². The van der Waals surface area contributed by atoms with E-state index < -0.39 is 3.37 Å². The number of nitrogens with one attached hydrogen (secondary N) is 1. The van der Waals surface area contributed by atoms with Crippen LogP contribution in [0.4, 0.5) is 5.69 Å². The van der Waals surface area contributed by atoms with Crippen LogP contribution in [0.25, 0.3) is 56.9 Å². The first-order chi connectivity index (χ1) is 70.6. The second-order valence-corrected chi connectivity index (χ2v) is 54.8. The van der Waals surface area contributed by atoms with Crippen molar-refractivity contribution in [3.05, 3.63) is 418 Å². The Kier molecular flexibility index (Phi) is 54.7. The number of aryl methyl sites for hydroxylation is 19. The van der Waals surface area contributed by atoms with Gasteiger partial charge in [0, 0.05) is 81.6 Å². The Morgan fingerprint density at radius 1 is 0.347 bits per heavy atom. The van der Waals surface area contributed by atoms with Crippen LogP contribution in [-0.4, -0.2) is 75.7 Å². The summed E-state index contributed by atoms with van der Waals surface area (Å²) in [7, 11) is 0. The van der Waals surface area contributed by atoms with Crippen LogP contribution >= 0.6 is 94.4 Å². The number of nitrogens with two attached hydrogens (primary N) is 2. The molecule has 0 spiro atoms. The Labute approximate surface area is 944 Å². The molecule has 15 nitrogen and oxygen atoms in total. The molecule has 1 amide bonds. The molecule has 1 radical (unpaired) electrons. The number of halogens is 8. The number of benzene rings is 13. The van der Waals surface area contributed by atoms with Crippen molar-refractivity contribution < 1.29 is 39.3 Å². The number of hydrogen-bond acceptors (Lipinski definition) is 12. The Hall–Kier alpha value is -10.9. The van der Waals surface area contributed by atoms with Crippen molar-refractivity contribution in [1.82, 2.24) is 34.8 Å². The van der Waals surface area contributed by atoms with Gasteiger partial charge in [0.25, 0.3) is 11.1 Å². The van der Waals surface area contributed by atoms with Gasteiger partial charge in [-0.15, -0.1) is 61.4 Å². The predicted octanol–water partition coefficient (Wildman–Crippen LogP) is 36.0. The van der Waals surface area contributed by atoms with Crippen LogP contribution < -0.4 is 16.8 Å². The smallest absolute Gasteiger partial charge is 0.176 e. The van der Waals surface area contributed by atoms with E-state index in [2.05, 4.69) is 229 Å². The van der Waals surface area contributed by atoms with Crippen molar-refractivity contribution in [3.8, 4) is 56.9 Å². The fourth-order valence-corrected chi connectivity index (χ4v) is 18.4. The van der Waals surface area contributed by atoms with Crippen LogP contribution in [-0.2, 0) is 39.4 Å². The molecule has 13 aromatic carbocycles. The molecule has 15 rings (SSSR count). The first-order valence-corrected chi connectivity index (χ1v) is 58.3. The number of Topliss-reactive ketones (excluding diaryl/α,β-unsaturated/α-hetero) is 2. The quantitative estimate of drug-likeness (QED) is 0.00545. The zero-order valence-corrected chi connectivity index (χ0v) is 98.5. The number of nitrogens with zero attached hydrogens (tertiary/aromatic N) is 8. The van der Waals surface area contributed by atoms with Crippen molar-refractivity contribution in [1.29, 1.82) is 0 Å². The predicted molar refractivity (Wildman–Crippen MR) is 640 cm³/mol. The van der Waals surface area contributed by atoms with Crippen molar-refractivity contribution in [3.63, 3.8) is 0 Å². The standard InChI is InChI=1S/C30H35N3.C30H34N3.C17H17NO2.C16H14Cl2N2.C14H23N.C9H9ClO.C8H9NO.CH4.Cl5P.Ir/c2*1-6-7-8-10-16-25-19-23(4)28(24(5)20-25)33-29(26-17-11-9-12-18-26)31-32-30(33)27-21(2)14-13-15-22(27)3;1-12-7-6-8-13(2)16(12)17(20)18-11-15(19)14-9-4-3-5-10-14;1-11-7-6-8-12(2)14(11)16(18)20-19-15(17)13-9-4-3-5-10-13;1-4-5-6-7-8-13-9-11(2)14(15)12(3)10-13;1-6-4-3-5-7(2)8(6)9(10)11;9-6-8(10)7-4-2-1-3-5-7;;1-6(2,3,4)5;/h9,11-15,17-20H,6-8,10,16H2,1-5H3;9,11-15,17,19-20H,6-8,10,16H2,1-5H3;3-10H,11H2,1-2H3,(H,18,20);3-10H,1-2H3;9-10H,4-8,15H2,1-3H3;3-5H,1-2H3;1-5H,6,9H2;1H4;;/q;-1;;;;;;;;/b;;;19-15+,20-16-;;;;;;. The molecule has 150 heavy (non-hydrogen) atoms. The molecule has 795 valence electrons. The van der Waals surface area contributed by atoms with Gasteiger partial charge in [0.15, 0.2) is 39.4 Å². The number of amides is 1. The maximum atomic E-state index is 12.2. The van der Waals surface area contributed by atoms with Gasteiger partial charge in [-0.3, -0.25) is 23.7 Å². The molecule has 0 saturated heterocycles. The van der Waals surface area contributed by atoms with Gasteiger partial charge in [-0.25, -0.2) is 0 Å². The molecule has 0 bridgehead atoms. The molecule has 0 aliphatic rings. The maximum absolute atomic E-state index is 12.2. The summed E-state index contributed by atoms with van der Waals surface area (Å²) in [6, 6.07) is 93.2. The Balaban J connectivity index is 0.000000273. The maximum Gasteiger partial charge on any atom is 0.176 e. The summed E-state index contributed by atoms with van der Waals surface area (Å²) >= 11 is 42.6. The molecule has 15 aromatic rings. The number of ketones is 2. The minimum absolute atomic E-state index is 0. The molecule has 25 heteroatoms. The monoisotopic (exact) mass is 2370 g/mol. The van der Waals surface area contributed by atoms with Crippen molar-refractivity contribution in [2.45, 2.75) is 235 Å². The normalized spacial score (nSPS) is 11.1. The van der Waals surface area contributed by atoms with Gasteiger partial charge >= 0.3 is 59.6 Å². The van der Waals surface area contributed by atoms with Gasteiger partial charge in [-0.05, 0) is 267 Å². The van der Waals surface area contributed by atoms with Gasteiger partial charge in [0.2, 0.25) is 0 Å². The first-order valence-electron chi connectivity index (χ1n) is 50.4. The van der Waals surface area contributed by atoms with Gasteiger partial charge in [-0.2, -0.15) is 5.10 Å². The van der Waals surface area contributed by atoms with E-state index in [0.29, 0.717) is 32.6 Å². The van der Waals surface area contributed by atoms with Crippen LogP contribution in [0.5, 0.6) is 0 Å². The Morgan fingerprint density at radius 3 is 1.00 bits per heavy atom. The van der Waals surface area contributed by atoms with Gasteiger partial charge in [-0.1, -0.05) is 358 Å². The molecule has 0 atom stereocenters. The average molecular weight is 2370 g/mol. The summed E-state index contributed by atoms with van der Waals surface area (Å²) in [4.78, 5) is 45.8. The Morgan fingerprint density at radius 2 is 0.653 bits per heavy atom. The van der Waals surface area contributed by atoms with Gasteiger partial charge in [0.1, 0.15) is 0 Å². The minimum atomic E-state index is -3.69. The van der Waals surface area contributed by atoms with E-state index in [-0.39, 0.29) is 63.3 Å². The molecule has 0 aliphatic carbocycles. The fourth-order valence-electron chi connectivity index (χ4n) is 17.6. The van der Waals surface area contributed by atoms with E-state index >= 15 is 0 Å². The van der Waals surface area contributed by atoms with E-state index in [1.54, 1.807) is 36.4 Å². The third kappa shape index (κ3) is 40.3. The number of nitrogen functional groups attached to an aromatic ring is 1. The van der Waals surface area contributed by atoms with E-state index in [1.165, 1.54) is 167 Å². The number of anilines is 1. The van der Waals surface area contributed by atoms with Crippen molar-refractivity contribution in [2.24, 2.45) is 15.9 Å². The van der Waals surface area contributed by atoms with E-state index in [9.17, 15) is 19.2 Å². The number of rotatable bonds is 31. The molecule has 0 aliphatic heterocycles. The Bertz CT molecular complexity index is 6570. The van der Waals surface area contributed by atoms with Crippen LogP contribution in [0.2, 0.25) is 0 Å². The van der Waals surface area contributed by atoms with Gasteiger partial charge in [0.05, 0.1) is 24.6 Å². The van der Waals surface area contributed by atoms with Crippen LogP contribution in [0.15, 0.2) is 283 Å². The molecular weight excluding hydrogens is 2230 g/mol. The topological polar surface area (TPSA) is 218 Å². The average Bonchev–Trinajstić information content (AvgIpc) is 1.63.